The summed E-state index contributed by atoms with van der Waals surface area (Å²) in [7, 11) is 0. The summed E-state index contributed by atoms with van der Waals surface area (Å²) in [6.07, 6.45) is 1.93. The Morgan fingerprint density at radius 1 is 1.45 bits per heavy atom. The van der Waals surface area contributed by atoms with Crippen LogP contribution in [0.4, 0.5) is 0 Å². The Balaban J connectivity index is 2.63. The molecule has 0 aliphatic heterocycles. The van der Waals surface area contributed by atoms with Gasteiger partial charge in [0.15, 0.2) is 0 Å². The molecule has 0 atom stereocenters. The summed E-state index contributed by atoms with van der Waals surface area (Å²) >= 11 is 10.5. The lowest BCUT2D eigenvalue weighted by atomic mass is 10.1. The molecule has 1 aromatic rings. The zero-order chi connectivity index (χ0) is 8.10. The van der Waals surface area contributed by atoms with Gasteiger partial charge in [-0.1, -0.05) is 36.0 Å². The summed E-state index contributed by atoms with van der Waals surface area (Å²) in [5.41, 5.74) is 1.25. The first-order chi connectivity index (χ1) is 5.33. The lowest BCUT2D eigenvalue weighted by Gasteiger charge is -1.97. The van der Waals surface area contributed by atoms with E-state index in [4.69, 9.17) is 23.8 Å². The normalized spacial score (nSPS) is 9.55. The van der Waals surface area contributed by atoms with E-state index in [2.05, 4.69) is 6.07 Å². The lowest BCUT2D eigenvalue weighted by Crippen LogP contribution is -1.83. The number of hydrogen-bond donors (Lipinski definition) is 0. The standard InChI is InChI=1S/C9H9ClS/c10-9-5-1-3-8(7-9)4-2-6-11/h1,3,5-7H,2,4H2. The van der Waals surface area contributed by atoms with Crippen LogP contribution in [0.15, 0.2) is 24.3 Å². The fourth-order valence-corrected chi connectivity index (χ4v) is 1.25. The van der Waals surface area contributed by atoms with Crippen LogP contribution in [0.2, 0.25) is 5.02 Å². The Hall–Kier alpha value is -0.400. The number of rotatable bonds is 3. The highest BCUT2D eigenvalue weighted by molar-refractivity contribution is 7.78. The Kier molecular flexibility index (Phi) is 3.53. The molecule has 58 valence electrons. The van der Waals surface area contributed by atoms with Gasteiger partial charge in [0.1, 0.15) is 0 Å². The van der Waals surface area contributed by atoms with Crippen LogP contribution >= 0.6 is 23.8 Å². The molecule has 0 spiro atoms. The number of aryl methyl sites for hydroxylation is 1. The molecule has 0 nitrogen and oxygen atoms in total. The van der Waals surface area contributed by atoms with E-state index in [1.807, 2.05) is 18.2 Å². The minimum absolute atomic E-state index is 0.798. The lowest BCUT2D eigenvalue weighted by molar-refractivity contribution is 1.07. The predicted molar refractivity (Wildman–Crippen MR) is 53.4 cm³/mol. The quantitative estimate of drug-likeness (QED) is 0.650. The minimum atomic E-state index is 0.798. The van der Waals surface area contributed by atoms with Crippen molar-refractivity contribution < 1.29 is 0 Å². The second-order valence-electron chi connectivity index (χ2n) is 2.34. The zero-order valence-corrected chi connectivity index (χ0v) is 7.66. The van der Waals surface area contributed by atoms with Crippen molar-refractivity contribution in [3.8, 4) is 0 Å². The van der Waals surface area contributed by atoms with Gasteiger partial charge in [0, 0.05) is 5.02 Å². The van der Waals surface area contributed by atoms with Gasteiger partial charge in [-0.3, -0.25) is 0 Å². The molecule has 0 bridgehead atoms. The maximum atomic E-state index is 5.79. The third kappa shape index (κ3) is 3.00. The highest BCUT2D eigenvalue weighted by Crippen LogP contribution is 2.11. The Bertz CT molecular complexity index is 245. The van der Waals surface area contributed by atoms with E-state index in [-0.39, 0.29) is 0 Å². The summed E-state index contributed by atoms with van der Waals surface area (Å²) in [5, 5.41) is 2.55. The largest absolute Gasteiger partial charge is 0.0935 e. The molecule has 11 heavy (non-hydrogen) atoms. The van der Waals surface area contributed by atoms with Gasteiger partial charge in [0.2, 0.25) is 0 Å². The predicted octanol–water partition coefficient (Wildman–Crippen LogP) is 3.27. The summed E-state index contributed by atoms with van der Waals surface area (Å²) in [5.74, 6) is 0. The van der Waals surface area contributed by atoms with Crippen LogP contribution in [0.1, 0.15) is 12.0 Å². The van der Waals surface area contributed by atoms with Crippen LogP contribution in [-0.4, -0.2) is 5.37 Å². The zero-order valence-electron chi connectivity index (χ0n) is 6.09. The van der Waals surface area contributed by atoms with Gasteiger partial charge < -0.3 is 0 Å². The van der Waals surface area contributed by atoms with Crippen LogP contribution in [0.3, 0.4) is 0 Å². The van der Waals surface area contributed by atoms with E-state index in [0.29, 0.717) is 0 Å². The Morgan fingerprint density at radius 3 is 2.91 bits per heavy atom. The Labute approximate surface area is 77.2 Å². The fourth-order valence-electron chi connectivity index (χ4n) is 0.918. The van der Waals surface area contributed by atoms with Crippen molar-refractivity contribution >= 4 is 29.2 Å². The first-order valence-corrected chi connectivity index (χ1v) is 4.36. The molecule has 0 amide bonds. The van der Waals surface area contributed by atoms with E-state index in [9.17, 15) is 0 Å². The molecule has 0 N–H and O–H groups in total. The Morgan fingerprint density at radius 2 is 2.27 bits per heavy atom. The fraction of sp³-hybridized carbons (Fsp3) is 0.222. The van der Waals surface area contributed by atoms with Crippen molar-refractivity contribution in [2.45, 2.75) is 12.8 Å². The average Bonchev–Trinajstić information content (AvgIpc) is 2.01. The van der Waals surface area contributed by atoms with Crippen LogP contribution in [-0.2, 0) is 6.42 Å². The van der Waals surface area contributed by atoms with E-state index in [1.54, 1.807) is 5.37 Å². The molecule has 0 aliphatic carbocycles. The van der Waals surface area contributed by atoms with Crippen LogP contribution in [0.5, 0.6) is 0 Å². The molecule has 0 aliphatic rings. The van der Waals surface area contributed by atoms with Crippen LogP contribution < -0.4 is 0 Å². The van der Waals surface area contributed by atoms with E-state index < -0.39 is 0 Å². The van der Waals surface area contributed by atoms with Gasteiger partial charge in [-0.2, -0.15) is 0 Å². The van der Waals surface area contributed by atoms with Gasteiger partial charge >= 0.3 is 0 Å². The first-order valence-electron chi connectivity index (χ1n) is 3.51. The van der Waals surface area contributed by atoms with Crippen molar-refractivity contribution in [1.82, 2.24) is 0 Å². The van der Waals surface area contributed by atoms with Gasteiger partial charge in [-0.05, 0) is 35.9 Å². The highest BCUT2D eigenvalue weighted by atomic mass is 35.5. The summed E-state index contributed by atoms with van der Waals surface area (Å²) in [4.78, 5) is 0. The van der Waals surface area contributed by atoms with Gasteiger partial charge in [-0.25, -0.2) is 0 Å². The number of hydrogen-bond acceptors (Lipinski definition) is 1. The highest BCUT2D eigenvalue weighted by Gasteiger charge is 1.91. The molecule has 0 saturated heterocycles. The van der Waals surface area contributed by atoms with Crippen LogP contribution in [0, 0.1) is 0 Å². The van der Waals surface area contributed by atoms with Crippen molar-refractivity contribution in [3.63, 3.8) is 0 Å². The molecular weight excluding hydrogens is 176 g/mol. The molecule has 1 rings (SSSR count). The molecule has 0 fully saturated rings. The van der Waals surface area contributed by atoms with E-state index >= 15 is 0 Å². The number of benzene rings is 1. The minimum Gasteiger partial charge on any atom is -0.0935 e. The van der Waals surface area contributed by atoms with E-state index in [1.165, 1.54) is 5.56 Å². The van der Waals surface area contributed by atoms with Gasteiger partial charge in [0.25, 0.3) is 0 Å². The molecule has 0 heterocycles. The molecule has 0 aromatic heterocycles. The molecule has 0 saturated carbocycles. The third-order valence-corrected chi connectivity index (χ3v) is 1.91. The second-order valence-corrected chi connectivity index (χ2v) is 3.11. The monoisotopic (exact) mass is 184 g/mol. The number of halogens is 1. The van der Waals surface area contributed by atoms with Crippen molar-refractivity contribution in [2.75, 3.05) is 0 Å². The van der Waals surface area contributed by atoms with Gasteiger partial charge in [0.05, 0.1) is 0 Å². The van der Waals surface area contributed by atoms with Crippen molar-refractivity contribution in [1.29, 1.82) is 0 Å². The molecular formula is C9H9ClS. The van der Waals surface area contributed by atoms with Crippen LogP contribution in [0.25, 0.3) is 0 Å². The molecule has 2 heteroatoms. The maximum Gasteiger partial charge on any atom is 0.0408 e. The summed E-state index contributed by atoms with van der Waals surface area (Å²) in [6, 6.07) is 7.87. The average molecular weight is 185 g/mol. The SMILES string of the molecule is S=CCCc1cccc(Cl)c1. The molecule has 0 unspecified atom stereocenters. The van der Waals surface area contributed by atoms with Gasteiger partial charge in [-0.15, -0.1) is 0 Å². The smallest absolute Gasteiger partial charge is 0.0408 e. The first kappa shape index (κ1) is 8.69. The maximum absolute atomic E-state index is 5.79. The van der Waals surface area contributed by atoms with Crippen molar-refractivity contribution in [2.24, 2.45) is 0 Å². The number of thiocarbonyl (C=S) groups is 1. The molecule has 1 aromatic carbocycles. The third-order valence-electron chi connectivity index (χ3n) is 1.44. The second kappa shape index (κ2) is 4.47. The topological polar surface area (TPSA) is 0 Å². The summed E-state index contributed by atoms with van der Waals surface area (Å²) < 4.78 is 0. The molecule has 0 radical (unpaired) electrons. The summed E-state index contributed by atoms with van der Waals surface area (Å²) in [6.45, 7) is 0. The van der Waals surface area contributed by atoms with Crippen molar-refractivity contribution in [3.05, 3.63) is 34.9 Å². The van der Waals surface area contributed by atoms with E-state index in [0.717, 1.165) is 17.9 Å².